The van der Waals surface area contributed by atoms with E-state index in [9.17, 15) is 14.4 Å². The van der Waals surface area contributed by atoms with Gasteiger partial charge < -0.3 is 14.8 Å². The first kappa shape index (κ1) is 46.7. The van der Waals surface area contributed by atoms with Gasteiger partial charge in [0.15, 0.2) is 6.23 Å². The number of carbonyl (C=O) groups is 2. The van der Waals surface area contributed by atoms with Gasteiger partial charge in [0, 0.05) is 19.0 Å². The first-order valence-electron chi connectivity index (χ1n) is 22.4. The number of anilines is 1. The molecule has 8 heteroatoms. The smallest absolute Gasteiger partial charge is 0.351 e. The molecule has 0 fully saturated rings. The Bertz CT molecular complexity index is 1140. The van der Waals surface area contributed by atoms with E-state index in [0.717, 1.165) is 32.1 Å². The zero-order valence-electron chi connectivity index (χ0n) is 34.2. The lowest BCUT2D eigenvalue weighted by Gasteiger charge is -2.16. The van der Waals surface area contributed by atoms with Crippen molar-refractivity contribution in [3.05, 3.63) is 34.9 Å². The Morgan fingerprint density at radius 2 is 1.04 bits per heavy atom. The van der Waals surface area contributed by atoms with Gasteiger partial charge in [0.1, 0.15) is 18.5 Å². The molecule has 2 atom stereocenters. The lowest BCUT2D eigenvalue weighted by molar-refractivity contribution is -0.147. The van der Waals surface area contributed by atoms with Gasteiger partial charge >= 0.3 is 11.7 Å². The number of aromatic nitrogens is 2. The summed E-state index contributed by atoms with van der Waals surface area (Å²) in [5.41, 5.74) is -0.504. The summed E-state index contributed by atoms with van der Waals surface area (Å²) in [4.78, 5) is 41.5. The fourth-order valence-corrected chi connectivity index (χ4v) is 7.17. The van der Waals surface area contributed by atoms with Crippen LogP contribution in [0.2, 0.25) is 0 Å². The molecule has 1 aromatic heterocycles. The van der Waals surface area contributed by atoms with Gasteiger partial charge in [0.25, 0.3) is 0 Å². The summed E-state index contributed by atoms with van der Waals surface area (Å²) < 4.78 is 12.7. The number of amides is 1. The van der Waals surface area contributed by atoms with Crippen molar-refractivity contribution >= 4 is 17.7 Å². The molecule has 0 radical (unpaired) electrons. The van der Waals surface area contributed by atoms with E-state index in [1.54, 1.807) is 18.3 Å². The second-order valence-electron chi connectivity index (χ2n) is 15.6. The monoisotopic (exact) mass is 742 g/mol. The van der Waals surface area contributed by atoms with E-state index in [4.69, 9.17) is 9.47 Å². The van der Waals surface area contributed by atoms with Gasteiger partial charge in [-0.15, -0.1) is 0 Å². The van der Waals surface area contributed by atoms with Gasteiger partial charge in [0.2, 0.25) is 5.91 Å². The molecule has 8 nitrogen and oxygen atoms in total. The number of esters is 1. The van der Waals surface area contributed by atoms with Gasteiger partial charge in [-0.05, 0) is 25.0 Å². The highest BCUT2D eigenvalue weighted by atomic mass is 16.6. The van der Waals surface area contributed by atoms with Crippen molar-refractivity contribution in [2.24, 2.45) is 0 Å². The van der Waals surface area contributed by atoms with E-state index in [0.29, 0.717) is 12.8 Å². The lowest BCUT2D eigenvalue weighted by atomic mass is 10.0. The van der Waals surface area contributed by atoms with Crippen LogP contribution < -0.4 is 11.0 Å². The second kappa shape index (κ2) is 32.9. The number of nitrogens with zero attached hydrogens (tertiary/aromatic N) is 2. The minimum absolute atomic E-state index is 0.118. The molecule has 0 spiro atoms. The molecule has 1 amide bonds. The molecule has 0 unspecified atom stereocenters. The van der Waals surface area contributed by atoms with Crippen LogP contribution in [0.4, 0.5) is 5.82 Å². The topological polar surface area (TPSA) is 99.5 Å². The number of hydrogen-bond acceptors (Lipinski definition) is 6. The van der Waals surface area contributed by atoms with E-state index in [-0.39, 0.29) is 24.3 Å². The molecule has 1 aromatic rings. The maximum Gasteiger partial charge on any atom is 0.351 e. The Morgan fingerprint density at radius 3 is 1.47 bits per heavy atom. The molecular formula is C45H79N3O5. The predicted molar refractivity (Wildman–Crippen MR) is 220 cm³/mol. The van der Waals surface area contributed by atoms with E-state index in [1.165, 1.54) is 165 Å². The van der Waals surface area contributed by atoms with E-state index >= 15 is 0 Å². The van der Waals surface area contributed by atoms with Crippen LogP contribution in [0.15, 0.2) is 29.2 Å². The van der Waals surface area contributed by atoms with Crippen LogP contribution in [0.25, 0.3) is 0 Å². The molecule has 1 N–H and O–H groups in total. The number of rotatable bonds is 36. The van der Waals surface area contributed by atoms with Crippen molar-refractivity contribution in [1.82, 2.24) is 9.55 Å². The molecule has 53 heavy (non-hydrogen) atoms. The quantitative estimate of drug-likeness (QED) is 0.0417. The third-order valence-electron chi connectivity index (χ3n) is 10.6. The molecular weight excluding hydrogens is 663 g/mol. The van der Waals surface area contributed by atoms with Crippen LogP contribution in [-0.2, 0) is 19.1 Å². The number of carbonyl (C=O) groups excluding carboxylic acids is 2. The van der Waals surface area contributed by atoms with Crippen molar-refractivity contribution in [3.8, 4) is 0 Å². The lowest BCUT2D eigenvalue weighted by Crippen LogP contribution is -2.29. The Labute approximate surface area is 324 Å². The van der Waals surface area contributed by atoms with E-state index in [1.807, 2.05) is 6.08 Å². The van der Waals surface area contributed by atoms with Crippen molar-refractivity contribution in [2.75, 3.05) is 11.9 Å². The number of nitrogens with one attached hydrogen (secondary N) is 1. The summed E-state index contributed by atoms with van der Waals surface area (Å²) in [5.74, 6) is -0.0699. The highest BCUT2D eigenvalue weighted by molar-refractivity contribution is 5.89. The van der Waals surface area contributed by atoms with Crippen LogP contribution in [-0.4, -0.2) is 34.1 Å². The third kappa shape index (κ3) is 25.3. The van der Waals surface area contributed by atoms with Crippen molar-refractivity contribution in [1.29, 1.82) is 0 Å². The average Bonchev–Trinajstić information content (AvgIpc) is 3.62. The first-order valence-corrected chi connectivity index (χ1v) is 22.4. The molecule has 0 saturated carbocycles. The van der Waals surface area contributed by atoms with Crippen LogP contribution >= 0.6 is 0 Å². The zero-order chi connectivity index (χ0) is 38.0. The summed E-state index contributed by atoms with van der Waals surface area (Å²) in [7, 11) is 0. The minimum atomic E-state index is -0.626. The summed E-state index contributed by atoms with van der Waals surface area (Å²) >= 11 is 0. The SMILES string of the molecule is CCCCCCCCCCCCCCCCCC(=O)Nc1ccn([C@H]2C=C[C@@H](COC(=O)CCCCCCCCCCCCCCCCC)O2)c(=O)n1. The molecule has 0 aromatic carbocycles. The molecule has 0 bridgehead atoms. The van der Waals surface area contributed by atoms with Gasteiger partial charge in [-0.25, -0.2) is 4.79 Å². The largest absolute Gasteiger partial charge is 0.463 e. The fourth-order valence-electron chi connectivity index (χ4n) is 7.17. The number of hydrogen-bond donors (Lipinski definition) is 1. The van der Waals surface area contributed by atoms with E-state index < -0.39 is 18.0 Å². The minimum Gasteiger partial charge on any atom is -0.463 e. The van der Waals surface area contributed by atoms with Gasteiger partial charge in [-0.3, -0.25) is 14.2 Å². The van der Waals surface area contributed by atoms with Crippen molar-refractivity contribution in [3.63, 3.8) is 0 Å². The van der Waals surface area contributed by atoms with Crippen LogP contribution in [0.5, 0.6) is 0 Å². The Balaban J connectivity index is 1.44. The summed E-state index contributed by atoms with van der Waals surface area (Å²) in [6, 6.07) is 1.62. The zero-order valence-corrected chi connectivity index (χ0v) is 34.2. The van der Waals surface area contributed by atoms with Crippen molar-refractivity contribution < 1.29 is 19.1 Å². The summed E-state index contributed by atoms with van der Waals surface area (Å²) in [6.07, 6.45) is 43.7. The standard InChI is InChI=1S/C45H79N3O5/c1-3-5-7-9-11-13-15-17-19-21-23-25-27-29-31-33-42(49)46-41-37-38-48(45(51)47-41)43-36-35-40(53-43)39-52-44(50)34-32-30-28-26-24-22-20-18-16-14-12-10-8-6-4-2/h35-38,40,43H,3-34,39H2,1-2H3,(H,46,47,49,51)/t40-,43+/m0/s1. The summed E-state index contributed by atoms with van der Waals surface area (Å²) in [5, 5.41) is 2.76. The Hall–Kier alpha value is -2.48. The van der Waals surface area contributed by atoms with Crippen molar-refractivity contribution in [2.45, 2.75) is 232 Å². The normalized spacial score (nSPS) is 15.3. The van der Waals surface area contributed by atoms with Gasteiger partial charge in [0.05, 0.1) is 0 Å². The highest BCUT2D eigenvalue weighted by Gasteiger charge is 2.23. The fraction of sp³-hybridized carbons (Fsp3) is 0.822. The van der Waals surface area contributed by atoms with Crippen LogP contribution in [0.1, 0.15) is 226 Å². The number of unbranched alkanes of at least 4 members (excludes halogenated alkanes) is 28. The molecule has 0 saturated heterocycles. The van der Waals surface area contributed by atoms with Gasteiger partial charge in [-0.1, -0.05) is 200 Å². The molecule has 0 aliphatic carbocycles. The average molecular weight is 742 g/mol. The highest BCUT2D eigenvalue weighted by Crippen LogP contribution is 2.21. The Kier molecular flexibility index (Phi) is 29.0. The van der Waals surface area contributed by atoms with Crippen LogP contribution in [0.3, 0.4) is 0 Å². The Morgan fingerprint density at radius 1 is 0.623 bits per heavy atom. The number of ether oxygens (including phenoxy) is 2. The third-order valence-corrected chi connectivity index (χ3v) is 10.6. The summed E-state index contributed by atoms with van der Waals surface area (Å²) in [6.45, 7) is 4.66. The van der Waals surface area contributed by atoms with Gasteiger partial charge in [-0.2, -0.15) is 4.98 Å². The maximum atomic E-state index is 12.7. The second-order valence-corrected chi connectivity index (χ2v) is 15.6. The first-order chi connectivity index (χ1) is 26.0. The maximum absolute atomic E-state index is 12.7. The predicted octanol–water partition coefficient (Wildman–Crippen LogP) is 12.7. The molecule has 1 aliphatic rings. The van der Waals surface area contributed by atoms with E-state index in [2.05, 4.69) is 24.1 Å². The molecule has 304 valence electrons. The van der Waals surface area contributed by atoms with Crippen LogP contribution in [0, 0.1) is 0 Å². The molecule has 2 rings (SSSR count). The molecule has 1 aliphatic heterocycles. The molecule has 2 heterocycles.